The third-order valence-corrected chi connectivity index (χ3v) is 14.0. The molecule has 1 amide bonds. The predicted octanol–water partition coefficient (Wildman–Crippen LogP) is 17.7. The van der Waals surface area contributed by atoms with E-state index in [1.54, 1.807) is 0 Å². The Labute approximate surface area is 389 Å². The van der Waals surface area contributed by atoms with Crippen molar-refractivity contribution < 1.29 is 20.1 Å². The molecular weight excluding hydrogens is 763 g/mol. The van der Waals surface area contributed by atoms with Crippen LogP contribution in [0.25, 0.3) is 0 Å². The molecule has 0 bridgehead atoms. The fourth-order valence-corrected chi connectivity index (χ4v) is 9.49. The van der Waals surface area contributed by atoms with Crippen LogP contribution in [-0.2, 0) is 4.79 Å². The minimum absolute atomic E-state index is 0.307. The minimum atomic E-state index is -1.07. The number of hydrogen-bond acceptors (Lipinski definition) is 4. The average Bonchev–Trinajstić information content (AvgIpc) is 3.28. The van der Waals surface area contributed by atoms with Gasteiger partial charge in [0.1, 0.15) is 6.10 Å². The van der Waals surface area contributed by atoms with Gasteiger partial charge in [-0.25, -0.2) is 0 Å². The van der Waals surface area contributed by atoms with Gasteiger partial charge in [0, 0.05) is 0 Å². The fourth-order valence-electron chi connectivity index (χ4n) is 9.49. The quantitative estimate of drug-likeness (QED) is 0.0458. The Balaban J connectivity index is 3.45. The largest absolute Gasteiger partial charge is 0.394 e. The molecule has 0 aliphatic carbocycles. The standard InChI is InChI=1S/C57H115NO4/c1-3-5-7-9-11-13-15-17-19-21-22-23-24-25-26-27-28-29-30-31-32-33-34-36-38-40-42-44-46-48-50-52-56(61)57(62)58-54(53-59)55(60)51-49-47-45-43-41-39-37-35-20-18-16-14-12-10-8-6-4-2/h54-56,59-61H,3-53H2,1-2H3,(H,58,62). The van der Waals surface area contributed by atoms with E-state index in [1.165, 1.54) is 276 Å². The minimum Gasteiger partial charge on any atom is -0.394 e. The lowest BCUT2D eigenvalue weighted by atomic mass is 10.0. The number of unbranched alkanes of at least 4 members (excludes halogenated alkanes) is 46. The van der Waals surface area contributed by atoms with Gasteiger partial charge in [-0.2, -0.15) is 0 Å². The van der Waals surface area contributed by atoms with Crippen molar-refractivity contribution in [3.05, 3.63) is 0 Å². The maximum atomic E-state index is 12.6. The van der Waals surface area contributed by atoms with Gasteiger partial charge >= 0.3 is 0 Å². The highest BCUT2D eigenvalue weighted by molar-refractivity contribution is 5.80. The van der Waals surface area contributed by atoms with Crippen LogP contribution in [-0.4, -0.2) is 46.1 Å². The van der Waals surface area contributed by atoms with Gasteiger partial charge in [-0.1, -0.05) is 322 Å². The zero-order chi connectivity index (χ0) is 45.1. The first-order chi connectivity index (χ1) is 30.6. The van der Waals surface area contributed by atoms with E-state index < -0.39 is 24.2 Å². The van der Waals surface area contributed by atoms with E-state index in [4.69, 9.17) is 0 Å². The molecule has 3 unspecified atom stereocenters. The lowest BCUT2D eigenvalue weighted by molar-refractivity contribution is -0.131. The van der Waals surface area contributed by atoms with Crippen molar-refractivity contribution in [1.29, 1.82) is 0 Å². The number of aliphatic hydroxyl groups excluding tert-OH is 3. The summed E-state index contributed by atoms with van der Waals surface area (Å²) >= 11 is 0. The lowest BCUT2D eigenvalue weighted by Crippen LogP contribution is -2.49. The molecule has 0 aliphatic heterocycles. The van der Waals surface area contributed by atoms with Crippen molar-refractivity contribution >= 4 is 5.91 Å². The molecule has 3 atom stereocenters. The summed E-state index contributed by atoms with van der Waals surface area (Å²) in [6.45, 7) is 4.28. The summed E-state index contributed by atoms with van der Waals surface area (Å²) < 4.78 is 0. The number of carbonyl (C=O) groups is 1. The second kappa shape index (κ2) is 53.0. The average molecular weight is 879 g/mol. The summed E-state index contributed by atoms with van der Waals surface area (Å²) in [6, 6.07) is -0.707. The topological polar surface area (TPSA) is 89.8 Å². The highest BCUT2D eigenvalue weighted by atomic mass is 16.3. The Hall–Kier alpha value is -0.650. The van der Waals surface area contributed by atoms with E-state index in [1.807, 2.05) is 0 Å². The molecule has 0 aromatic heterocycles. The summed E-state index contributed by atoms with van der Waals surface area (Å²) in [5.74, 6) is -0.462. The van der Waals surface area contributed by atoms with Crippen molar-refractivity contribution in [3.8, 4) is 0 Å². The smallest absolute Gasteiger partial charge is 0.249 e. The van der Waals surface area contributed by atoms with Crippen LogP contribution in [0.15, 0.2) is 0 Å². The molecule has 62 heavy (non-hydrogen) atoms. The first-order valence-electron chi connectivity index (χ1n) is 28.8. The van der Waals surface area contributed by atoms with Gasteiger partial charge in [-0.3, -0.25) is 4.79 Å². The van der Waals surface area contributed by atoms with E-state index >= 15 is 0 Å². The number of hydrogen-bond donors (Lipinski definition) is 4. The third kappa shape index (κ3) is 47.3. The van der Waals surface area contributed by atoms with E-state index in [-0.39, 0.29) is 6.61 Å². The lowest BCUT2D eigenvalue weighted by Gasteiger charge is -2.23. The molecule has 0 fully saturated rings. The first-order valence-corrected chi connectivity index (χ1v) is 28.8. The van der Waals surface area contributed by atoms with Crippen LogP contribution in [0.1, 0.15) is 335 Å². The molecule has 0 heterocycles. The molecule has 0 aromatic rings. The molecule has 4 N–H and O–H groups in total. The maximum Gasteiger partial charge on any atom is 0.249 e. The summed E-state index contributed by atoms with van der Waals surface area (Å²) in [5, 5.41) is 33.5. The zero-order valence-corrected chi connectivity index (χ0v) is 42.5. The van der Waals surface area contributed by atoms with Crippen LogP contribution < -0.4 is 5.32 Å². The van der Waals surface area contributed by atoms with Crippen molar-refractivity contribution in [2.45, 2.75) is 353 Å². The molecule has 0 saturated heterocycles. The molecule has 0 saturated carbocycles. The zero-order valence-electron chi connectivity index (χ0n) is 42.5. The van der Waals surface area contributed by atoms with Crippen LogP contribution in [0, 0.1) is 0 Å². The van der Waals surface area contributed by atoms with Crippen LogP contribution in [0.2, 0.25) is 0 Å². The van der Waals surface area contributed by atoms with Crippen molar-refractivity contribution in [3.63, 3.8) is 0 Å². The molecule has 5 heteroatoms. The highest BCUT2D eigenvalue weighted by Crippen LogP contribution is 2.19. The van der Waals surface area contributed by atoms with Gasteiger partial charge in [0.15, 0.2) is 0 Å². The SMILES string of the molecule is CCCCCCCCCCCCCCCCCCCCCCCCCCCCCCCCCC(O)C(=O)NC(CO)C(O)CCCCCCCCCCCCCCCCCCC. The van der Waals surface area contributed by atoms with Crippen LogP contribution >= 0.6 is 0 Å². The van der Waals surface area contributed by atoms with Crippen LogP contribution in [0.5, 0.6) is 0 Å². The fraction of sp³-hybridized carbons (Fsp3) is 0.982. The Morgan fingerprint density at radius 2 is 0.516 bits per heavy atom. The molecule has 0 aliphatic rings. The molecule has 0 spiro atoms. The van der Waals surface area contributed by atoms with Gasteiger partial charge < -0.3 is 20.6 Å². The Kier molecular flexibility index (Phi) is 52.4. The molecule has 372 valence electrons. The van der Waals surface area contributed by atoms with E-state index in [2.05, 4.69) is 19.2 Å². The molecular formula is C57H115NO4. The maximum absolute atomic E-state index is 12.6. The van der Waals surface area contributed by atoms with Gasteiger partial charge in [0.05, 0.1) is 18.8 Å². The van der Waals surface area contributed by atoms with Crippen LogP contribution in [0.4, 0.5) is 0 Å². The summed E-state index contributed by atoms with van der Waals surface area (Å²) in [7, 11) is 0. The Morgan fingerprint density at radius 1 is 0.323 bits per heavy atom. The monoisotopic (exact) mass is 878 g/mol. The molecule has 0 radical (unpaired) electrons. The van der Waals surface area contributed by atoms with Gasteiger partial charge in [-0.15, -0.1) is 0 Å². The Bertz CT molecular complexity index is 838. The molecule has 5 nitrogen and oxygen atoms in total. The second-order valence-electron chi connectivity index (χ2n) is 20.2. The third-order valence-electron chi connectivity index (χ3n) is 14.0. The molecule has 0 rings (SSSR count). The van der Waals surface area contributed by atoms with Crippen LogP contribution in [0.3, 0.4) is 0 Å². The number of amides is 1. The number of carbonyl (C=O) groups excluding carboxylic acids is 1. The van der Waals surface area contributed by atoms with Crippen molar-refractivity contribution in [1.82, 2.24) is 5.32 Å². The van der Waals surface area contributed by atoms with E-state index in [9.17, 15) is 20.1 Å². The van der Waals surface area contributed by atoms with Gasteiger partial charge in [0.2, 0.25) is 5.91 Å². The first kappa shape index (κ1) is 61.4. The second-order valence-corrected chi connectivity index (χ2v) is 20.2. The summed E-state index contributed by atoms with van der Waals surface area (Å²) in [6.07, 6.45) is 64.5. The van der Waals surface area contributed by atoms with E-state index in [0.29, 0.717) is 12.8 Å². The number of nitrogens with one attached hydrogen (secondary N) is 1. The van der Waals surface area contributed by atoms with Gasteiger partial charge in [0.25, 0.3) is 0 Å². The number of aliphatic hydroxyl groups is 3. The van der Waals surface area contributed by atoms with Gasteiger partial charge in [-0.05, 0) is 12.8 Å². The summed E-state index contributed by atoms with van der Waals surface area (Å²) in [5.41, 5.74) is 0. The number of rotatable bonds is 54. The Morgan fingerprint density at radius 3 is 0.726 bits per heavy atom. The summed E-state index contributed by atoms with van der Waals surface area (Å²) in [4.78, 5) is 12.6. The highest BCUT2D eigenvalue weighted by Gasteiger charge is 2.23. The predicted molar refractivity (Wildman–Crippen MR) is 273 cm³/mol. The van der Waals surface area contributed by atoms with E-state index in [0.717, 1.165) is 32.1 Å². The molecule has 0 aromatic carbocycles. The normalized spacial score (nSPS) is 13.2. The van der Waals surface area contributed by atoms with Crippen molar-refractivity contribution in [2.75, 3.05) is 6.61 Å². The van der Waals surface area contributed by atoms with Crippen molar-refractivity contribution in [2.24, 2.45) is 0 Å².